The number of halogens is 1. The van der Waals surface area contributed by atoms with E-state index in [-0.39, 0.29) is 21.9 Å². The molecule has 0 bridgehead atoms. The lowest BCUT2D eigenvalue weighted by molar-refractivity contribution is 0.0742. The summed E-state index contributed by atoms with van der Waals surface area (Å²) < 4.78 is 33.1. The molecule has 0 spiro atoms. The average molecular weight is 413 g/mol. The lowest BCUT2D eigenvalue weighted by Gasteiger charge is -2.26. The number of hydrogen-bond acceptors (Lipinski definition) is 5. The highest BCUT2D eigenvalue weighted by atomic mass is 35.5. The molecule has 0 radical (unpaired) electrons. The maximum Gasteiger partial charge on any atom is 0.254 e. The minimum absolute atomic E-state index is 0.0131. The van der Waals surface area contributed by atoms with Crippen LogP contribution < -0.4 is 14.6 Å². The molecule has 1 unspecified atom stereocenters. The molecule has 2 N–H and O–H groups in total. The monoisotopic (exact) mass is 412 g/mol. The van der Waals surface area contributed by atoms with Crippen LogP contribution in [-0.2, 0) is 10.0 Å². The van der Waals surface area contributed by atoms with Gasteiger partial charge in [-0.15, -0.1) is 0 Å². The standard InChI is InChI=1S/C18H21ClN2O5S/c1-11(12-5-7-14(8-6-12)27(20,23)24)21(2)18(22)13-9-15(19)17(26-4)16(10-13)25-3/h5-11H,1-4H3,(H2,20,23,24). The van der Waals surface area contributed by atoms with Gasteiger partial charge < -0.3 is 14.4 Å². The zero-order valence-electron chi connectivity index (χ0n) is 15.4. The summed E-state index contributed by atoms with van der Waals surface area (Å²) in [5, 5.41) is 5.37. The molecule has 0 heterocycles. The third-order valence-corrected chi connectivity index (χ3v) is 5.48. The van der Waals surface area contributed by atoms with E-state index < -0.39 is 10.0 Å². The van der Waals surface area contributed by atoms with E-state index in [1.165, 1.54) is 37.3 Å². The second-order valence-corrected chi connectivity index (χ2v) is 7.87. The first-order valence-corrected chi connectivity index (χ1v) is 9.84. The number of hydrogen-bond donors (Lipinski definition) is 1. The van der Waals surface area contributed by atoms with Gasteiger partial charge >= 0.3 is 0 Å². The third-order valence-electron chi connectivity index (χ3n) is 4.27. The van der Waals surface area contributed by atoms with Crippen molar-refractivity contribution in [1.82, 2.24) is 4.90 Å². The van der Waals surface area contributed by atoms with E-state index in [2.05, 4.69) is 0 Å². The van der Waals surface area contributed by atoms with Crippen molar-refractivity contribution in [2.24, 2.45) is 5.14 Å². The fourth-order valence-corrected chi connectivity index (χ4v) is 3.38. The fraction of sp³-hybridized carbons (Fsp3) is 0.278. The molecule has 2 aromatic rings. The molecule has 2 aromatic carbocycles. The number of rotatable bonds is 6. The molecule has 1 atom stereocenters. The first-order valence-electron chi connectivity index (χ1n) is 7.91. The number of amides is 1. The number of nitrogens with two attached hydrogens (primary N) is 1. The molecule has 7 nitrogen and oxygen atoms in total. The molecule has 0 aliphatic heterocycles. The summed E-state index contributed by atoms with van der Waals surface area (Å²) >= 11 is 6.17. The predicted octanol–water partition coefficient (Wildman–Crippen LogP) is 2.84. The summed E-state index contributed by atoms with van der Waals surface area (Å²) in [6, 6.07) is 8.81. The minimum atomic E-state index is -3.76. The number of ether oxygens (including phenoxy) is 2. The highest BCUT2D eigenvalue weighted by Crippen LogP contribution is 2.36. The maximum atomic E-state index is 12.9. The maximum absolute atomic E-state index is 12.9. The molecule has 1 amide bonds. The van der Waals surface area contributed by atoms with Crippen molar-refractivity contribution in [1.29, 1.82) is 0 Å². The number of benzene rings is 2. The molecule has 2 rings (SSSR count). The Hall–Kier alpha value is -2.29. The quantitative estimate of drug-likeness (QED) is 0.786. The second-order valence-electron chi connectivity index (χ2n) is 5.90. The third kappa shape index (κ3) is 4.52. The van der Waals surface area contributed by atoms with Crippen LogP contribution in [0.15, 0.2) is 41.3 Å². The fourth-order valence-electron chi connectivity index (χ4n) is 2.58. The largest absolute Gasteiger partial charge is 0.493 e. The van der Waals surface area contributed by atoms with Gasteiger partial charge in [0, 0.05) is 12.6 Å². The van der Waals surface area contributed by atoms with Gasteiger partial charge in [0.15, 0.2) is 11.5 Å². The van der Waals surface area contributed by atoms with E-state index in [0.717, 1.165) is 5.56 Å². The molecule has 0 aromatic heterocycles. The van der Waals surface area contributed by atoms with Gasteiger partial charge in [0.05, 0.1) is 30.2 Å². The number of nitrogens with zero attached hydrogens (tertiary/aromatic N) is 1. The zero-order valence-corrected chi connectivity index (χ0v) is 17.0. The van der Waals surface area contributed by atoms with E-state index in [1.54, 1.807) is 25.2 Å². The number of carbonyl (C=O) groups excluding carboxylic acids is 1. The van der Waals surface area contributed by atoms with E-state index in [4.69, 9.17) is 26.2 Å². The number of methoxy groups -OCH3 is 2. The Labute approximate surface area is 163 Å². The van der Waals surface area contributed by atoms with Crippen LogP contribution in [0.1, 0.15) is 28.9 Å². The zero-order chi connectivity index (χ0) is 20.4. The molecule has 0 aliphatic carbocycles. The van der Waals surface area contributed by atoms with Gasteiger partial charge in [0.25, 0.3) is 5.91 Å². The predicted molar refractivity (Wildman–Crippen MR) is 103 cm³/mol. The van der Waals surface area contributed by atoms with Crippen LogP contribution in [0.2, 0.25) is 5.02 Å². The van der Waals surface area contributed by atoms with E-state index in [9.17, 15) is 13.2 Å². The summed E-state index contributed by atoms with van der Waals surface area (Å²) in [6.07, 6.45) is 0. The topological polar surface area (TPSA) is 98.9 Å². The van der Waals surface area contributed by atoms with E-state index in [1.807, 2.05) is 6.92 Å². The first-order chi connectivity index (χ1) is 12.6. The van der Waals surface area contributed by atoms with E-state index in [0.29, 0.717) is 17.1 Å². The van der Waals surface area contributed by atoms with Crippen LogP contribution in [0.3, 0.4) is 0 Å². The summed E-state index contributed by atoms with van der Waals surface area (Å²) in [6.45, 7) is 1.83. The SMILES string of the molecule is COc1cc(C(=O)N(C)C(C)c2ccc(S(N)(=O)=O)cc2)cc(Cl)c1OC. The van der Waals surface area contributed by atoms with Gasteiger partial charge in [-0.2, -0.15) is 0 Å². The Morgan fingerprint density at radius 1 is 1.15 bits per heavy atom. The minimum Gasteiger partial charge on any atom is -0.493 e. The Morgan fingerprint density at radius 3 is 2.22 bits per heavy atom. The van der Waals surface area contributed by atoms with Gasteiger partial charge in [0.2, 0.25) is 10.0 Å². The summed E-state index contributed by atoms with van der Waals surface area (Å²) in [7, 11) is 0.802. The highest BCUT2D eigenvalue weighted by molar-refractivity contribution is 7.89. The molecular formula is C18H21ClN2O5S. The Bertz CT molecular complexity index is 945. The summed E-state index contributed by atoms with van der Waals surface area (Å²) in [5.41, 5.74) is 1.10. The van der Waals surface area contributed by atoms with Crippen molar-refractivity contribution in [3.63, 3.8) is 0 Å². The molecule has 0 aliphatic rings. The number of primary sulfonamides is 1. The molecule has 0 fully saturated rings. The van der Waals surface area contributed by atoms with Crippen LogP contribution in [0.4, 0.5) is 0 Å². The number of sulfonamides is 1. The summed E-state index contributed by atoms with van der Waals surface area (Å²) in [5.74, 6) is 0.429. The van der Waals surface area contributed by atoms with Crippen LogP contribution in [0.5, 0.6) is 11.5 Å². The smallest absolute Gasteiger partial charge is 0.254 e. The van der Waals surface area contributed by atoms with Gasteiger partial charge in [-0.3, -0.25) is 4.79 Å². The van der Waals surface area contributed by atoms with Crippen LogP contribution in [-0.4, -0.2) is 40.5 Å². The van der Waals surface area contributed by atoms with Crippen molar-refractivity contribution in [3.05, 3.63) is 52.5 Å². The molecule has 146 valence electrons. The Morgan fingerprint density at radius 2 is 1.74 bits per heavy atom. The van der Waals surface area contributed by atoms with Gasteiger partial charge in [-0.05, 0) is 36.8 Å². The van der Waals surface area contributed by atoms with Crippen LogP contribution in [0, 0.1) is 0 Å². The number of carbonyl (C=O) groups is 1. The molecular weight excluding hydrogens is 392 g/mol. The van der Waals surface area contributed by atoms with Crippen molar-refractivity contribution >= 4 is 27.5 Å². The van der Waals surface area contributed by atoms with Crippen LogP contribution in [0.25, 0.3) is 0 Å². The second kappa shape index (κ2) is 8.16. The lowest BCUT2D eigenvalue weighted by atomic mass is 10.1. The lowest BCUT2D eigenvalue weighted by Crippen LogP contribution is -2.29. The Kier molecular flexibility index (Phi) is 6.35. The normalized spacial score (nSPS) is 12.4. The van der Waals surface area contributed by atoms with Crippen LogP contribution >= 0.6 is 11.6 Å². The van der Waals surface area contributed by atoms with Crippen molar-refractivity contribution in [2.75, 3.05) is 21.3 Å². The van der Waals surface area contributed by atoms with Crippen molar-refractivity contribution in [2.45, 2.75) is 17.9 Å². The molecule has 0 saturated heterocycles. The first kappa shape index (κ1) is 21.0. The van der Waals surface area contributed by atoms with Gasteiger partial charge in [-0.25, -0.2) is 13.6 Å². The highest BCUT2D eigenvalue weighted by Gasteiger charge is 2.22. The van der Waals surface area contributed by atoms with Crippen molar-refractivity contribution < 1.29 is 22.7 Å². The van der Waals surface area contributed by atoms with Gasteiger partial charge in [-0.1, -0.05) is 23.7 Å². The summed E-state index contributed by atoms with van der Waals surface area (Å²) in [4.78, 5) is 14.4. The van der Waals surface area contributed by atoms with Gasteiger partial charge in [0.1, 0.15) is 0 Å². The van der Waals surface area contributed by atoms with E-state index >= 15 is 0 Å². The molecule has 27 heavy (non-hydrogen) atoms. The average Bonchev–Trinajstić information content (AvgIpc) is 2.64. The van der Waals surface area contributed by atoms with Crippen molar-refractivity contribution in [3.8, 4) is 11.5 Å². The molecule has 0 saturated carbocycles. The Balaban J connectivity index is 2.30. The molecule has 9 heteroatoms.